The number of carbonyl (C=O) groups excluding carboxylic acids is 1. The van der Waals surface area contributed by atoms with Crippen molar-refractivity contribution in [1.29, 1.82) is 0 Å². The number of phenols is 1. The number of hydrogen-bond donors (Lipinski definition) is 2. The highest BCUT2D eigenvalue weighted by Crippen LogP contribution is 2.42. The summed E-state index contributed by atoms with van der Waals surface area (Å²) in [6.45, 7) is 0. The molecule has 1 aromatic heterocycles. The maximum absolute atomic E-state index is 13.2. The number of hydrogen-bond acceptors (Lipinski definition) is 4. The first-order chi connectivity index (χ1) is 13.2. The standard InChI is InChI=1S/C18H11Cl2F3N2O3/c19-16(20)17(27)24-10-6-4-9(5-7-10)14-8-12(25-28-14)15-11(18(21,22)23)2-1-3-13(15)26/h1-8,16,26H,(H,24,27). The van der Waals surface area contributed by atoms with E-state index in [2.05, 4.69) is 10.5 Å². The van der Waals surface area contributed by atoms with Gasteiger partial charge in [0.05, 0.1) is 11.1 Å². The summed E-state index contributed by atoms with van der Waals surface area (Å²) in [6, 6.07) is 10.6. The molecule has 0 atom stereocenters. The number of benzene rings is 2. The third-order valence-corrected chi connectivity index (χ3v) is 4.15. The first-order valence-corrected chi connectivity index (χ1v) is 8.60. The van der Waals surface area contributed by atoms with Gasteiger partial charge in [0.25, 0.3) is 5.91 Å². The molecule has 0 fully saturated rings. The van der Waals surface area contributed by atoms with Gasteiger partial charge in [0.1, 0.15) is 11.4 Å². The number of alkyl halides is 5. The molecule has 0 saturated heterocycles. The van der Waals surface area contributed by atoms with Gasteiger partial charge in [-0.15, -0.1) is 0 Å². The van der Waals surface area contributed by atoms with Crippen LogP contribution in [0, 0.1) is 0 Å². The van der Waals surface area contributed by atoms with Gasteiger partial charge in [0, 0.05) is 17.3 Å². The van der Waals surface area contributed by atoms with Crippen LogP contribution < -0.4 is 5.32 Å². The minimum Gasteiger partial charge on any atom is -0.507 e. The fourth-order valence-corrected chi connectivity index (χ4v) is 2.60. The first kappa shape index (κ1) is 20.0. The minimum absolute atomic E-state index is 0.162. The van der Waals surface area contributed by atoms with Crippen LogP contribution in [0.5, 0.6) is 5.75 Å². The largest absolute Gasteiger partial charge is 0.507 e. The van der Waals surface area contributed by atoms with Gasteiger partial charge in [-0.05, 0) is 36.4 Å². The smallest absolute Gasteiger partial charge is 0.417 e. The number of nitrogens with zero attached hydrogens (tertiary/aromatic N) is 1. The van der Waals surface area contributed by atoms with Crippen molar-refractivity contribution < 1.29 is 27.6 Å². The molecule has 146 valence electrons. The van der Waals surface area contributed by atoms with E-state index in [0.717, 1.165) is 18.2 Å². The zero-order valence-corrected chi connectivity index (χ0v) is 15.3. The lowest BCUT2D eigenvalue weighted by atomic mass is 10.0. The lowest BCUT2D eigenvalue weighted by Crippen LogP contribution is -2.18. The number of rotatable bonds is 4. The molecule has 2 N–H and O–H groups in total. The Bertz CT molecular complexity index is 1000. The predicted molar refractivity (Wildman–Crippen MR) is 98.2 cm³/mol. The van der Waals surface area contributed by atoms with E-state index in [9.17, 15) is 23.1 Å². The molecule has 0 aliphatic heterocycles. The zero-order chi connectivity index (χ0) is 20.5. The van der Waals surface area contributed by atoms with E-state index in [1.54, 1.807) is 12.1 Å². The van der Waals surface area contributed by atoms with Crippen molar-refractivity contribution in [2.45, 2.75) is 11.0 Å². The molecule has 0 radical (unpaired) electrons. The van der Waals surface area contributed by atoms with Crippen molar-refractivity contribution in [3.8, 4) is 28.3 Å². The number of aromatic hydroxyl groups is 1. The van der Waals surface area contributed by atoms with Crippen molar-refractivity contribution >= 4 is 34.8 Å². The number of nitrogens with one attached hydrogen (secondary N) is 1. The highest BCUT2D eigenvalue weighted by atomic mass is 35.5. The van der Waals surface area contributed by atoms with Crippen LogP contribution in [0.1, 0.15) is 5.56 Å². The molecule has 2 aromatic carbocycles. The third-order valence-electron chi connectivity index (χ3n) is 3.75. The minimum atomic E-state index is -4.67. The monoisotopic (exact) mass is 430 g/mol. The predicted octanol–water partition coefficient (Wildman–Crippen LogP) is 5.48. The Morgan fingerprint density at radius 2 is 1.82 bits per heavy atom. The summed E-state index contributed by atoms with van der Waals surface area (Å²) < 4.78 is 44.8. The molecule has 5 nitrogen and oxygen atoms in total. The van der Waals surface area contributed by atoms with Crippen LogP contribution in [0.15, 0.2) is 53.1 Å². The second-order valence-corrected chi connectivity index (χ2v) is 6.74. The van der Waals surface area contributed by atoms with Crippen LogP contribution in [0.4, 0.5) is 18.9 Å². The second kappa shape index (κ2) is 7.73. The van der Waals surface area contributed by atoms with Gasteiger partial charge in [0.2, 0.25) is 0 Å². The zero-order valence-electron chi connectivity index (χ0n) is 13.8. The van der Waals surface area contributed by atoms with Gasteiger partial charge >= 0.3 is 6.18 Å². The number of aromatic nitrogens is 1. The average Bonchev–Trinajstić information content (AvgIpc) is 3.11. The lowest BCUT2D eigenvalue weighted by molar-refractivity contribution is -0.137. The third kappa shape index (κ3) is 4.23. The van der Waals surface area contributed by atoms with Crippen LogP contribution in [0.2, 0.25) is 0 Å². The summed E-state index contributed by atoms with van der Waals surface area (Å²) in [5, 5.41) is 16.0. The molecule has 0 aliphatic carbocycles. The van der Waals surface area contributed by atoms with Crippen LogP contribution >= 0.6 is 23.2 Å². The summed E-state index contributed by atoms with van der Waals surface area (Å²) in [5.41, 5.74) is -0.745. The van der Waals surface area contributed by atoms with E-state index in [4.69, 9.17) is 27.7 Å². The number of amides is 1. The second-order valence-electron chi connectivity index (χ2n) is 5.64. The molecule has 0 spiro atoms. The van der Waals surface area contributed by atoms with Gasteiger partial charge in [0.15, 0.2) is 10.6 Å². The summed E-state index contributed by atoms with van der Waals surface area (Å²) >= 11 is 10.9. The van der Waals surface area contributed by atoms with E-state index in [1.165, 1.54) is 18.2 Å². The topological polar surface area (TPSA) is 75.4 Å². The van der Waals surface area contributed by atoms with E-state index in [0.29, 0.717) is 11.3 Å². The highest BCUT2D eigenvalue weighted by molar-refractivity contribution is 6.54. The Morgan fingerprint density at radius 3 is 2.43 bits per heavy atom. The number of halogens is 5. The summed E-state index contributed by atoms with van der Waals surface area (Å²) in [7, 11) is 0. The van der Waals surface area contributed by atoms with Gasteiger partial charge in [-0.25, -0.2) is 0 Å². The molecule has 3 aromatic rings. The van der Waals surface area contributed by atoms with Crippen molar-refractivity contribution in [3.63, 3.8) is 0 Å². The fourth-order valence-electron chi connectivity index (χ4n) is 2.49. The molecule has 28 heavy (non-hydrogen) atoms. The molecule has 1 amide bonds. The maximum atomic E-state index is 13.2. The van der Waals surface area contributed by atoms with Gasteiger partial charge in [-0.2, -0.15) is 13.2 Å². The van der Waals surface area contributed by atoms with E-state index in [1.807, 2.05) is 0 Å². The molecule has 0 aliphatic rings. The molecule has 10 heteroatoms. The number of phenolic OH excluding ortho intramolecular Hbond substituents is 1. The van der Waals surface area contributed by atoms with Crippen molar-refractivity contribution in [2.75, 3.05) is 5.32 Å². The number of anilines is 1. The van der Waals surface area contributed by atoms with Crippen molar-refractivity contribution in [1.82, 2.24) is 5.16 Å². The molecule has 3 rings (SSSR count). The summed E-state index contributed by atoms with van der Waals surface area (Å²) in [5.74, 6) is -0.987. The van der Waals surface area contributed by atoms with E-state index in [-0.39, 0.29) is 11.5 Å². The Balaban J connectivity index is 1.91. The summed E-state index contributed by atoms with van der Waals surface area (Å²) in [6.07, 6.45) is -4.67. The van der Waals surface area contributed by atoms with E-state index >= 15 is 0 Å². The maximum Gasteiger partial charge on any atom is 0.417 e. The quantitative estimate of drug-likeness (QED) is 0.537. The van der Waals surface area contributed by atoms with Crippen molar-refractivity contribution in [3.05, 3.63) is 54.1 Å². The Morgan fingerprint density at radius 1 is 1.14 bits per heavy atom. The molecular formula is C18H11Cl2F3N2O3. The molecule has 0 unspecified atom stereocenters. The van der Waals surface area contributed by atoms with Gasteiger partial charge in [-0.3, -0.25) is 4.79 Å². The van der Waals surface area contributed by atoms with Crippen LogP contribution in [0.25, 0.3) is 22.6 Å². The van der Waals surface area contributed by atoms with Crippen LogP contribution in [-0.4, -0.2) is 21.0 Å². The molecule has 0 bridgehead atoms. The lowest BCUT2D eigenvalue weighted by Gasteiger charge is -2.11. The fraction of sp³-hybridized carbons (Fsp3) is 0.111. The Kier molecular flexibility index (Phi) is 5.53. The Hall–Kier alpha value is -2.71. The first-order valence-electron chi connectivity index (χ1n) is 7.72. The van der Waals surface area contributed by atoms with Crippen LogP contribution in [0.3, 0.4) is 0 Å². The van der Waals surface area contributed by atoms with Crippen molar-refractivity contribution in [2.24, 2.45) is 0 Å². The Labute approximate surface area is 166 Å². The summed E-state index contributed by atoms with van der Waals surface area (Å²) in [4.78, 5) is 10.2. The normalized spacial score (nSPS) is 11.6. The van der Waals surface area contributed by atoms with E-state index < -0.39 is 33.8 Å². The molecule has 1 heterocycles. The van der Waals surface area contributed by atoms with Crippen LogP contribution in [-0.2, 0) is 11.0 Å². The highest BCUT2D eigenvalue weighted by Gasteiger charge is 2.35. The number of carbonyl (C=O) groups is 1. The molecular weight excluding hydrogens is 420 g/mol. The molecule has 0 saturated carbocycles. The van der Waals surface area contributed by atoms with Gasteiger partial charge < -0.3 is 14.9 Å². The SMILES string of the molecule is O=C(Nc1ccc(-c2cc(-c3c(O)cccc3C(F)(F)F)no2)cc1)C(Cl)Cl. The van der Waals surface area contributed by atoms with Gasteiger partial charge in [-0.1, -0.05) is 34.4 Å². The average molecular weight is 431 g/mol.